The van der Waals surface area contributed by atoms with Crippen LogP contribution in [0.1, 0.15) is 76.1 Å². The van der Waals surface area contributed by atoms with Crippen molar-refractivity contribution < 1.29 is 67.5 Å². The molecule has 3 aromatic carbocycles. The molecule has 3 aromatic rings. The Balaban J connectivity index is 1.22. The Hall–Kier alpha value is -6.33. The second kappa shape index (κ2) is 20.3. The third-order valence-corrected chi connectivity index (χ3v) is 10.4. The van der Waals surface area contributed by atoms with Crippen LogP contribution in [0.15, 0.2) is 66.7 Å². The number of carboxylic acids is 1. The number of anilines is 1. The fourth-order valence-corrected chi connectivity index (χ4v) is 7.64. The molecular weight excluding hydrogens is 794 g/mol. The van der Waals surface area contributed by atoms with E-state index in [9.17, 15) is 43.8 Å². The van der Waals surface area contributed by atoms with E-state index in [2.05, 4.69) is 16.0 Å². The Kier molecular flexibility index (Phi) is 15.2. The molecule has 0 aromatic heterocycles. The second-order valence-electron chi connectivity index (χ2n) is 15.2. The van der Waals surface area contributed by atoms with Gasteiger partial charge >= 0.3 is 30.0 Å². The molecule has 3 amide bonds. The molecule has 1 saturated heterocycles. The smallest absolute Gasteiger partial charge is 0.407 e. The molecule has 1 heterocycles. The number of ether oxygens (including phenoxy) is 5. The molecule has 17 heteroatoms. The zero-order valence-corrected chi connectivity index (χ0v) is 34.7. The fraction of sp³-hybridized carbons (Fsp3) is 0.432. The maximum atomic E-state index is 13.4. The number of aryl methyl sites for hydroxylation is 1. The highest BCUT2D eigenvalue weighted by molar-refractivity contribution is 5.98. The van der Waals surface area contributed by atoms with Gasteiger partial charge in [-0.2, -0.15) is 0 Å². The number of carboxylic acid groups (broad SMARTS) is 1. The summed E-state index contributed by atoms with van der Waals surface area (Å²) in [5, 5.41) is 28.1. The van der Waals surface area contributed by atoms with Gasteiger partial charge in [0.15, 0.2) is 24.4 Å². The average Bonchev–Trinajstić information content (AvgIpc) is 3.52. The zero-order valence-electron chi connectivity index (χ0n) is 34.7. The molecule has 17 nitrogen and oxygen atoms in total. The first-order valence-corrected chi connectivity index (χ1v) is 19.8. The second-order valence-corrected chi connectivity index (χ2v) is 15.2. The molecule has 5 N–H and O–H groups in total. The summed E-state index contributed by atoms with van der Waals surface area (Å²) in [6.45, 7) is 7.78. The van der Waals surface area contributed by atoms with Crippen molar-refractivity contribution in [1.29, 1.82) is 0 Å². The van der Waals surface area contributed by atoms with Crippen LogP contribution in [0.5, 0.6) is 0 Å². The van der Waals surface area contributed by atoms with E-state index in [1.54, 1.807) is 26.0 Å². The lowest BCUT2D eigenvalue weighted by Gasteiger charge is -2.43. The first-order chi connectivity index (χ1) is 29.0. The van der Waals surface area contributed by atoms with Gasteiger partial charge in [0.25, 0.3) is 0 Å². The van der Waals surface area contributed by atoms with Crippen molar-refractivity contribution in [3.8, 4) is 11.1 Å². The maximum Gasteiger partial charge on any atom is 0.407 e. The lowest BCUT2D eigenvalue weighted by molar-refractivity contribution is -0.248. The van der Waals surface area contributed by atoms with Crippen LogP contribution in [0.25, 0.3) is 11.1 Å². The van der Waals surface area contributed by atoms with Crippen LogP contribution in [0, 0.1) is 5.92 Å². The number of esters is 3. The molecule has 0 radical (unpaired) electrons. The number of alkyl carbamates (subject to hydrolysis) is 1. The summed E-state index contributed by atoms with van der Waals surface area (Å²) in [6.07, 6.45) is -8.32. The summed E-state index contributed by atoms with van der Waals surface area (Å²) in [7, 11) is 0. The minimum atomic E-state index is -1.80. The molecule has 0 saturated carbocycles. The average molecular weight is 846 g/mol. The molecule has 1 aliphatic carbocycles. The number of carbonyl (C=O) groups is 7. The van der Waals surface area contributed by atoms with Crippen molar-refractivity contribution in [2.45, 2.75) is 110 Å². The van der Waals surface area contributed by atoms with Crippen LogP contribution in [0.2, 0.25) is 0 Å². The first kappa shape index (κ1) is 45.7. The van der Waals surface area contributed by atoms with Gasteiger partial charge in [-0.1, -0.05) is 68.4 Å². The summed E-state index contributed by atoms with van der Waals surface area (Å²) in [6, 6.07) is 18.4. The van der Waals surface area contributed by atoms with Gasteiger partial charge in [-0.15, -0.1) is 0 Å². The Labute approximate surface area is 352 Å². The predicted octanol–water partition coefficient (Wildman–Crippen LogP) is 3.77. The SMILES string of the molecule is CC(=O)OC1C(CCc2cc(NC(=O)C(C)NC(=O)C(NC(=O)OCC3c4ccccc4-c4ccccc43)C(C)C)ccc2CO)OC(C(=O)O)C(OC(C)=O)C1OC(C)=O. The summed E-state index contributed by atoms with van der Waals surface area (Å²) >= 11 is 0. The number of carbonyl (C=O) groups excluding carboxylic acids is 6. The fourth-order valence-electron chi connectivity index (χ4n) is 7.64. The quantitative estimate of drug-likeness (QED) is 0.102. The third-order valence-electron chi connectivity index (χ3n) is 10.4. The Morgan fingerprint density at radius 1 is 0.721 bits per heavy atom. The van der Waals surface area contributed by atoms with Crippen LogP contribution in [-0.4, -0.2) is 101 Å². The Bertz CT molecular complexity index is 2090. The number of hydrogen-bond acceptors (Lipinski definition) is 13. The van der Waals surface area contributed by atoms with Crippen LogP contribution < -0.4 is 16.0 Å². The highest BCUT2D eigenvalue weighted by atomic mass is 16.7. The topological polar surface area (TPSA) is 242 Å². The molecule has 7 atom stereocenters. The normalized spacial score (nSPS) is 20.2. The van der Waals surface area contributed by atoms with Crippen molar-refractivity contribution in [3.63, 3.8) is 0 Å². The highest BCUT2D eigenvalue weighted by Gasteiger charge is 2.54. The van der Waals surface area contributed by atoms with Gasteiger partial charge in [-0.3, -0.25) is 24.0 Å². The van der Waals surface area contributed by atoms with Gasteiger partial charge in [0.1, 0.15) is 18.7 Å². The van der Waals surface area contributed by atoms with Gasteiger partial charge in [0.05, 0.1) is 12.7 Å². The molecule has 0 spiro atoms. The Morgan fingerprint density at radius 2 is 1.30 bits per heavy atom. The van der Waals surface area contributed by atoms with Crippen LogP contribution in [0.4, 0.5) is 10.5 Å². The van der Waals surface area contributed by atoms with E-state index in [1.807, 2.05) is 48.5 Å². The zero-order chi connectivity index (χ0) is 44.5. The number of amides is 3. The van der Waals surface area contributed by atoms with Crippen molar-refractivity contribution >= 4 is 47.5 Å². The van der Waals surface area contributed by atoms with Gasteiger partial charge in [-0.25, -0.2) is 9.59 Å². The minimum Gasteiger partial charge on any atom is -0.479 e. The molecular formula is C44H51N3O14. The third kappa shape index (κ3) is 11.3. The number of rotatable bonds is 16. The number of nitrogens with one attached hydrogen (secondary N) is 3. The Morgan fingerprint density at radius 3 is 1.85 bits per heavy atom. The van der Waals surface area contributed by atoms with Gasteiger partial charge in [0, 0.05) is 32.4 Å². The largest absolute Gasteiger partial charge is 0.479 e. The number of fused-ring (bicyclic) bond motifs is 3. The molecule has 326 valence electrons. The molecule has 0 bridgehead atoms. The molecule has 7 unspecified atom stereocenters. The van der Waals surface area contributed by atoms with Crippen LogP contribution in [0.3, 0.4) is 0 Å². The first-order valence-electron chi connectivity index (χ1n) is 19.8. The van der Waals surface area contributed by atoms with E-state index >= 15 is 0 Å². The summed E-state index contributed by atoms with van der Waals surface area (Å²) in [4.78, 5) is 88.3. The van der Waals surface area contributed by atoms with E-state index in [0.29, 0.717) is 11.1 Å². The van der Waals surface area contributed by atoms with Gasteiger partial charge < -0.3 is 49.8 Å². The molecule has 1 fully saturated rings. The van der Waals surface area contributed by atoms with Crippen LogP contribution >= 0.6 is 0 Å². The van der Waals surface area contributed by atoms with Crippen molar-refractivity contribution in [3.05, 3.63) is 89.0 Å². The summed E-state index contributed by atoms with van der Waals surface area (Å²) in [5.41, 5.74) is 5.45. The number of aliphatic carboxylic acids is 1. The number of hydrogen-bond donors (Lipinski definition) is 5. The van der Waals surface area contributed by atoms with Gasteiger partial charge in [0.2, 0.25) is 11.8 Å². The summed E-state index contributed by atoms with van der Waals surface area (Å²) < 4.78 is 27.5. The monoisotopic (exact) mass is 845 g/mol. The van der Waals surface area contributed by atoms with Gasteiger partial charge in [-0.05, 0) is 71.2 Å². The summed E-state index contributed by atoms with van der Waals surface area (Å²) in [5.74, 6) is -5.83. The lowest BCUT2D eigenvalue weighted by atomic mass is 9.90. The maximum absolute atomic E-state index is 13.4. The molecule has 61 heavy (non-hydrogen) atoms. The van der Waals surface area contributed by atoms with E-state index in [1.165, 1.54) is 13.0 Å². The minimum absolute atomic E-state index is 0.0452. The molecule has 5 rings (SSSR count). The van der Waals surface area contributed by atoms with E-state index < -0.39 is 91.0 Å². The van der Waals surface area contributed by atoms with E-state index in [-0.39, 0.29) is 37.0 Å². The van der Waals surface area contributed by atoms with Crippen molar-refractivity contribution in [2.75, 3.05) is 11.9 Å². The lowest BCUT2D eigenvalue weighted by Crippen LogP contribution is -2.63. The standard InChI is InChI=1S/C44H51N3O14/c1-22(2)36(47-44(56)57-21-34-32-13-9-7-11-30(32)31-12-8-10-14-33(31)34)42(53)45-23(3)41(52)46-29-17-15-28(20-48)27(19-29)16-18-35-37(58-24(4)49)38(59-25(5)50)39(60-26(6)51)40(61-35)43(54)55/h7-15,17,19,22-23,34-40,48H,16,18,20-21H2,1-6H3,(H,45,53)(H,46,52)(H,47,56)(H,54,55). The van der Waals surface area contributed by atoms with Crippen molar-refractivity contribution in [2.24, 2.45) is 5.92 Å². The van der Waals surface area contributed by atoms with Crippen LogP contribution in [-0.2, 0) is 65.5 Å². The molecule has 2 aliphatic rings. The molecule has 1 aliphatic heterocycles. The number of aliphatic hydroxyl groups excluding tert-OH is 1. The van der Waals surface area contributed by atoms with Crippen molar-refractivity contribution in [1.82, 2.24) is 10.6 Å². The number of aliphatic hydroxyl groups is 1. The van der Waals surface area contributed by atoms with E-state index in [4.69, 9.17) is 23.7 Å². The number of benzene rings is 3. The predicted molar refractivity (Wildman–Crippen MR) is 217 cm³/mol. The highest BCUT2D eigenvalue weighted by Crippen LogP contribution is 2.44. The van der Waals surface area contributed by atoms with E-state index in [0.717, 1.165) is 43.0 Å².